The molecule has 5 heteroatoms. The van der Waals surface area contributed by atoms with E-state index >= 15 is 0 Å². The maximum Gasteiger partial charge on any atom is 0.275 e. The van der Waals surface area contributed by atoms with E-state index < -0.39 is 0 Å². The van der Waals surface area contributed by atoms with Crippen molar-refractivity contribution in [1.29, 1.82) is 5.26 Å². The minimum absolute atomic E-state index is 0.118. The number of aromatic nitrogens is 2. The number of thiophene rings is 1. The van der Waals surface area contributed by atoms with Crippen molar-refractivity contribution < 1.29 is 0 Å². The minimum atomic E-state index is -0.118. The lowest BCUT2D eigenvalue weighted by molar-refractivity contribution is 1.08. The molecule has 3 heterocycles. The van der Waals surface area contributed by atoms with Crippen LogP contribution in [0.5, 0.6) is 0 Å². The van der Waals surface area contributed by atoms with E-state index in [1.165, 1.54) is 21.9 Å². The van der Waals surface area contributed by atoms with Crippen molar-refractivity contribution >= 4 is 27.2 Å². The fraction of sp³-hybridized carbons (Fsp3) is 0. The Balaban J connectivity index is 2.58. The van der Waals surface area contributed by atoms with Gasteiger partial charge < -0.3 is 0 Å². The molecule has 0 atom stereocenters. The Hall–Kier alpha value is -2.19. The van der Waals surface area contributed by atoms with Crippen LogP contribution in [0.2, 0.25) is 0 Å². The summed E-state index contributed by atoms with van der Waals surface area (Å²) in [6.07, 6.45) is 1.52. The summed E-state index contributed by atoms with van der Waals surface area (Å²) in [4.78, 5) is 16.4. The Labute approximate surface area is 94.0 Å². The average molecular weight is 227 g/mol. The molecule has 0 saturated carbocycles. The molecule has 0 radical (unpaired) electrons. The Morgan fingerprint density at radius 2 is 2.25 bits per heavy atom. The van der Waals surface area contributed by atoms with E-state index in [1.807, 2.05) is 17.5 Å². The highest BCUT2D eigenvalue weighted by Gasteiger charge is 2.06. The predicted molar refractivity (Wildman–Crippen MR) is 61.6 cm³/mol. The van der Waals surface area contributed by atoms with E-state index in [0.717, 1.165) is 0 Å². The first-order valence-electron chi connectivity index (χ1n) is 4.59. The number of nitriles is 1. The van der Waals surface area contributed by atoms with Crippen molar-refractivity contribution in [1.82, 2.24) is 9.38 Å². The van der Waals surface area contributed by atoms with Crippen LogP contribution in [0.15, 0.2) is 34.6 Å². The Kier molecular flexibility index (Phi) is 1.79. The largest absolute Gasteiger partial charge is 0.275 e. The van der Waals surface area contributed by atoms with Gasteiger partial charge >= 0.3 is 0 Å². The van der Waals surface area contributed by atoms with Gasteiger partial charge in [-0.1, -0.05) is 0 Å². The van der Waals surface area contributed by atoms with E-state index in [2.05, 4.69) is 4.98 Å². The number of rotatable bonds is 0. The fourth-order valence-corrected chi connectivity index (χ4v) is 2.36. The second-order valence-corrected chi connectivity index (χ2v) is 4.23. The Bertz CT molecular complexity index is 794. The van der Waals surface area contributed by atoms with Gasteiger partial charge in [0.25, 0.3) is 5.56 Å². The first-order valence-corrected chi connectivity index (χ1v) is 5.47. The van der Waals surface area contributed by atoms with Gasteiger partial charge in [0, 0.05) is 6.20 Å². The molecule has 0 aromatic carbocycles. The molecule has 3 rings (SSSR count). The van der Waals surface area contributed by atoms with Gasteiger partial charge in [0.05, 0.1) is 11.1 Å². The molecule has 0 saturated heterocycles. The molecule has 0 spiro atoms. The first kappa shape index (κ1) is 9.07. The molecule has 0 N–H and O–H groups in total. The second kappa shape index (κ2) is 3.15. The lowest BCUT2D eigenvalue weighted by Crippen LogP contribution is -2.13. The van der Waals surface area contributed by atoms with Crippen LogP contribution >= 0.6 is 11.3 Å². The van der Waals surface area contributed by atoms with Crippen LogP contribution < -0.4 is 5.56 Å². The highest BCUT2D eigenvalue weighted by molar-refractivity contribution is 7.17. The first-order chi connectivity index (χ1) is 7.79. The highest BCUT2D eigenvalue weighted by Crippen LogP contribution is 2.15. The summed E-state index contributed by atoms with van der Waals surface area (Å²) in [6.45, 7) is 0. The number of fused-ring (bicyclic) bond motifs is 2. The molecular weight excluding hydrogens is 222 g/mol. The molecule has 16 heavy (non-hydrogen) atoms. The summed E-state index contributed by atoms with van der Waals surface area (Å²) in [5.74, 6) is 0. The summed E-state index contributed by atoms with van der Waals surface area (Å²) in [7, 11) is 0. The van der Waals surface area contributed by atoms with E-state index in [9.17, 15) is 4.79 Å². The summed E-state index contributed by atoms with van der Waals surface area (Å²) in [6, 6.07) is 7.15. The molecule has 3 aromatic heterocycles. The third kappa shape index (κ3) is 1.14. The van der Waals surface area contributed by atoms with Crippen molar-refractivity contribution in [2.75, 3.05) is 0 Å². The van der Waals surface area contributed by atoms with Gasteiger partial charge in [0.15, 0.2) is 0 Å². The molecular formula is C11H5N3OS. The number of nitrogens with zero attached hydrogens (tertiary/aromatic N) is 3. The van der Waals surface area contributed by atoms with Crippen molar-refractivity contribution in [2.24, 2.45) is 0 Å². The van der Waals surface area contributed by atoms with Crippen LogP contribution in [-0.4, -0.2) is 9.38 Å². The van der Waals surface area contributed by atoms with Crippen LogP contribution in [0.25, 0.3) is 15.9 Å². The molecule has 0 fully saturated rings. The third-order valence-corrected chi connectivity index (χ3v) is 3.24. The predicted octanol–water partition coefficient (Wildman–Crippen LogP) is 1.78. The lowest BCUT2D eigenvalue weighted by atomic mass is 10.3. The number of hydrogen-bond donors (Lipinski definition) is 0. The Morgan fingerprint density at radius 1 is 1.38 bits per heavy atom. The van der Waals surface area contributed by atoms with Crippen molar-refractivity contribution in [3.8, 4) is 6.07 Å². The summed E-state index contributed by atoms with van der Waals surface area (Å²) in [5, 5.41) is 10.6. The fourth-order valence-electron chi connectivity index (χ4n) is 1.60. The second-order valence-electron chi connectivity index (χ2n) is 3.31. The van der Waals surface area contributed by atoms with Gasteiger partial charge in [0.1, 0.15) is 16.4 Å². The average Bonchev–Trinajstić information content (AvgIpc) is 2.77. The van der Waals surface area contributed by atoms with E-state index in [4.69, 9.17) is 5.26 Å². The minimum Gasteiger partial charge on any atom is -0.267 e. The molecule has 0 aliphatic rings. The monoisotopic (exact) mass is 227 g/mol. The van der Waals surface area contributed by atoms with Gasteiger partial charge in [-0.15, -0.1) is 11.3 Å². The van der Waals surface area contributed by atoms with E-state index in [0.29, 0.717) is 21.4 Å². The molecule has 0 bridgehead atoms. The van der Waals surface area contributed by atoms with E-state index in [1.54, 1.807) is 12.1 Å². The maximum atomic E-state index is 12.0. The van der Waals surface area contributed by atoms with Crippen molar-refractivity contribution in [3.63, 3.8) is 0 Å². The molecule has 0 aliphatic heterocycles. The standard InChI is InChI=1S/C11H5N3OS/c12-5-7-1-2-9-13-8-3-4-16-10(8)11(15)14(9)6-7/h1-4,6H. The maximum absolute atomic E-state index is 12.0. The normalized spacial score (nSPS) is 10.7. The molecule has 3 aromatic rings. The smallest absolute Gasteiger partial charge is 0.267 e. The zero-order valence-electron chi connectivity index (χ0n) is 8.04. The highest BCUT2D eigenvalue weighted by atomic mass is 32.1. The zero-order valence-corrected chi connectivity index (χ0v) is 8.86. The summed E-state index contributed by atoms with van der Waals surface area (Å²) in [5.41, 5.74) is 1.61. The van der Waals surface area contributed by atoms with Crippen molar-refractivity contribution in [2.45, 2.75) is 0 Å². The van der Waals surface area contributed by atoms with Gasteiger partial charge in [-0.2, -0.15) is 5.26 Å². The van der Waals surface area contributed by atoms with Crippen molar-refractivity contribution in [3.05, 3.63) is 45.7 Å². The number of hydrogen-bond acceptors (Lipinski definition) is 4. The van der Waals surface area contributed by atoms with Crippen LogP contribution in [-0.2, 0) is 0 Å². The molecule has 0 amide bonds. The quantitative estimate of drug-likeness (QED) is 0.588. The summed E-state index contributed by atoms with van der Waals surface area (Å²) >= 11 is 1.36. The Morgan fingerprint density at radius 3 is 3.06 bits per heavy atom. The zero-order chi connectivity index (χ0) is 11.1. The van der Waals surface area contributed by atoms with Gasteiger partial charge in [-0.25, -0.2) is 4.98 Å². The SMILES string of the molecule is N#Cc1ccc2nc3ccsc3c(=O)n2c1. The van der Waals surface area contributed by atoms with Crippen LogP contribution in [0.3, 0.4) is 0 Å². The third-order valence-electron chi connectivity index (χ3n) is 2.35. The van der Waals surface area contributed by atoms with Crippen LogP contribution in [0, 0.1) is 11.3 Å². The molecule has 0 unspecified atom stereocenters. The topological polar surface area (TPSA) is 58.2 Å². The van der Waals surface area contributed by atoms with Gasteiger partial charge in [-0.05, 0) is 23.6 Å². The molecule has 0 aliphatic carbocycles. The lowest BCUT2D eigenvalue weighted by Gasteiger charge is -1.99. The molecule has 4 nitrogen and oxygen atoms in total. The van der Waals surface area contributed by atoms with Gasteiger partial charge in [0.2, 0.25) is 0 Å². The number of pyridine rings is 1. The van der Waals surface area contributed by atoms with Gasteiger partial charge in [-0.3, -0.25) is 9.20 Å². The van der Waals surface area contributed by atoms with Crippen LogP contribution in [0.1, 0.15) is 5.56 Å². The summed E-state index contributed by atoms with van der Waals surface area (Å²) < 4.78 is 2.03. The van der Waals surface area contributed by atoms with Crippen LogP contribution in [0.4, 0.5) is 0 Å². The molecule has 76 valence electrons. The van der Waals surface area contributed by atoms with E-state index in [-0.39, 0.29) is 5.56 Å².